The first-order valence-electron chi connectivity index (χ1n) is 12.1. The van der Waals surface area contributed by atoms with Crippen LogP contribution in [0.4, 0.5) is 5.69 Å². The van der Waals surface area contributed by atoms with E-state index in [1.165, 1.54) is 0 Å². The molecule has 0 bridgehead atoms. The Hall–Kier alpha value is -4.55. The first-order valence-corrected chi connectivity index (χ1v) is 12.1. The number of imidazole rings is 1. The van der Waals surface area contributed by atoms with E-state index in [0.29, 0.717) is 5.69 Å². The van der Waals surface area contributed by atoms with Gasteiger partial charge in [0, 0.05) is 43.6 Å². The van der Waals surface area contributed by atoms with Gasteiger partial charge in [-0.1, -0.05) is 91.0 Å². The molecule has 0 aliphatic rings. The van der Waals surface area contributed by atoms with E-state index >= 15 is 0 Å². The molecule has 1 heterocycles. The van der Waals surface area contributed by atoms with Crippen molar-refractivity contribution in [2.45, 2.75) is 0 Å². The van der Waals surface area contributed by atoms with Crippen molar-refractivity contribution in [3.63, 3.8) is 0 Å². The van der Waals surface area contributed by atoms with E-state index in [2.05, 4.69) is 100 Å². The van der Waals surface area contributed by atoms with Gasteiger partial charge in [0.1, 0.15) is 5.69 Å². The monoisotopic (exact) mass is 665 g/mol. The van der Waals surface area contributed by atoms with Gasteiger partial charge in [-0.05, 0) is 34.4 Å². The van der Waals surface area contributed by atoms with Gasteiger partial charge in [-0.3, -0.25) is 9.83 Å². The maximum atomic E-state index is 7.47. The Morgan fingerprint density at radius 2 is 1.21 bits per heavy atom. The molecule has 6 rings (SSSR count). The molecule has 183 valence electrons. The molecule has 0 aliphatic carbocycles. The van der Waals surface area contributed by atoms with E-state index in [0.717, 1.165) is 50.5 Å². The molecule has 0 aliphatic heterocycles. The summed E-state index contributed by atoms with van der Waals surface area (Å²) in [5.41, 5.74) is 9.11. The van der Waals surface area contributed by atoms with Crippen LogP contribution in [0.15, 0.2) is 134 Å². The second kappa shape index (κ2) is 11.2. The number of benzene rings is 5. The molecule has 0 atom stereocenters. The fourth-order valence-electron chi connectivity index (χ4n) is 4.70. The standard InChI is InChI=1S/C34H22N3.Ir/c1-35-30-19-11-18-28(22-30)34-36-20-21-37(34)33-31(26-14-7-3-8-15-26)23-29(25-12-5-2-6-13-25)24-32(33)27-16-9-4-10-17-27;/h2-17,19-24H;/q-1;. The summed E-state index contributed by atoms with van der Waals surface area (Å²) in [6, 6.07) is 44.6. The minimum atomic E-state index is 0. The fraction of sp³-hybridized carbons (Fsp3) is 0. The summed E-state index contributed by atoms with van der Waals surface area (Å²) in [6.45, 7) is 7.47. The first kappa shape index (κ1) is 25.1. The van der Waals surface area contributed by atoms with Crippen LogP contribution in [0.3, 0.4) is 0 Å². The normalized spacial score (nSPS) is 10.4. The van der Waals surface area contributed by atoms with Crippen LogP contribution in [-0.2, 0) is 20.1 Å². The van der Waals surface area contributed by atoms with Gasteiger partial charge in [0.05, 0.1) is 18.1 Å². The molecule has 0 amide bonds. The third kappa shape index (κ3) is 4.86. The Morgan fingerprint density at radius 3 is 1.76 bits per heavy atom. The van der Waals surface area contributed by atoms with E-state index in [4.69, 9.17) is 11.6 Å². The van der Waals surface area contributed by atoms with E-state index in [1.807, 2.05) is 36.7 Å². The van der Waals surface area contributed by atoms with E-state index in [-0.39, 0.29) is 20.1 Å². The third-order valence-electron chi connectivity index (χ3n) is 6.42. The molecule has 0 saturated carbocycles. The molecule has 1 aromatic heterocycles. The van der Waals surface area contributed by atoms with Crippen LogP contribution < -0.4 is 0 Å². The summed E-state index contributed by atoms with van der Waals surface area (Å²) < 4.78 is 2.12. The number of aromatic nitrogens is 2. The fourth-order valence-corrected chi connectivity index (χ4v) is 4.70. The average molecular weight is 665 g/mol. The smallest absolute Gasteiger partial charge is 0.109 e. The van der Waals surface area contributed by atoms with Gasteiger partial charge < -0.3 is 4.57 Å². The van der Waals surface area contributed by atoms with Crippen LogP contribution >= 0.6 is 0 Å². The molecular weight excluding hydrogens is 643 g/mol. The zero-order chi connectivity index (χ0) is 25.0. The second-order valence-corrected chi connectivity index (χ2v) is 8.71. The number of hydrogen-bond donors (Lipinski definition) is 0. The third-order valence-corrected chi connectivity index (χ3v) is 6.42. The van der Waals surface area contributed by atoms with E-state index < -0.39 is 0 Å². The molecule has 38 heavy (non-hydrogen) atoms. The Labute approximate surface area is 236 Å². The summed E-state index contributed by atoms with van der Waals surface area (Å²) in [5, 5.41) is 0. The first-order chi connectivity index (χ1) is 18.3. The zero-order valence-electron chi connectivity index (χ0n) is 20.4. The Balaban J connectivity index is 0.00000294. The van der Waals surface area contributed by atoms with Crippen molar-refractivity contribution in [3.05, 3.63) is 151 Å². The predicted octanol–water partition coefficient (Wildman–Crippen LogP) is 8.89. The molecule has 4 heteroatoms. The topological polar surface area (TPSA) is 22.2 Å². The van der Waals surface area contributed by atoms with Crippen LogP contribution in [0.5, 0.6) is 0 Å². The largest absolute Gasteiger partial charge is 0.339 e. The van der Waals surface area contributed by atoms with Gasteiger partial charge in [0.15, 0.2) is 0 Å². The summed E-state index contributed by atoms with van der Waals surface area (Å²) in [5.74, 6) is 0.743. The van der Waals surface area contributed by atoms with Crippen molar-refractivity contribution in [3.8, 4) is 50.5 Å². The van der Waals surface area contributed by atoms with Gasteiger partial charge in [-0.25, -0.2) is 0 Å². The molecule has 0 saturated heterocycles. The van der Waals surface area contributed by atoms with Crippen molar-refractivity contribution in [1.29, 1.82) is 0 Å². The van der Waals surface area contributed by atoms with Crippen LogP contribution in [0, 0.1) is 12.6 Å². The quantitative estimate of drug-likeness (QED) is 0.169. The van der Waals surface area contributed by atoms with Crippen molar-refractivity contribution in [1.82, 2.24) is 9.55 Å². The summed E-state index contributed by atoms with van der Waals surface area (Å²) in [4.78, 5) is 8.33. The molecular formula is C34H22IrN3-. The van der Waals surface area contributed by atoms with Gasteiger partial charge in [-0.15, -0.1) is 23.8 Å². The zero-order valence-corrected chi connectivity index (χ0v) is 22.8. The molecule has 1 radical (unpaired) electrons. The molecule has 0 spiro atoms. The van der Waals surface area contributed by atoms with Gasteiger partial charge in [0.25, 0.3) is 0 Å². The van der Waals surface area contributed by atoms with Crippen molar-refractivity contribution in [2.24, 2.45) is 0 Å². The second-order valence-electron chi connectivity index (χ2n) is 8.71. The van der Waals surface area contributed by atoms with Crippen LogP contribution in [0.1, 0.15) is 0 Å². The Morgan fingerprint density at radius 1 is 0.658 bits per heavy atom. The van der Waals surface area contributed by atoms with Crippen molar-refractivity contribution in [2.75, 3.05) is 0 Å². The Kier molecular flexibility index (Phi) is 7.42. The summed E-state index contributed by atoms with van der Waals surface area (Å²) in [7, 11) is 0. The molecule has 0 fully saturated rings. The minimum absolute atomic E-state index is 0. The van der Waals surface area contributed by atoms with E-state index in [9.17, 15) is 0 Å². The molecule has 6 aromatic rings. The number of nitrogens with zero attached hydrogens (tertiary/aromatic N) is 3. The molecule has 3 nitrogen and oxygen atoms in total. The van der Waals surface area contributed by atoms with Crippen molar-refractivity contribution >= 4 is 5.69 Å². The van der Waals surface area contributed by atoms with Gasteiger partial charge in [-0.2, -0.15) is 6.07 Å². The molecule has 5 aromatic carbocycles. The molecule has 0 unspecified atom stereocenters. The summed E-state index contributed by atoms with van der Waals surface area (Å²) >= 11 is 0. The van der Waals surface area contributed by atoms with Crippen LogP contribution in [0.25, 0.3) is 55.3 Å². The summed E-state index contributed by atoms with van der Waals surface area (Å²) in [6.07, 6.45) is 3.80. The Bertz CT molecular complexity index is 1660. The van der Waals surface area contributed by atoms with Crippen LogP contribution in [0.2, 0.25) is 0 Å². The van der Waals surface area contributed by atoms with Gasteiger partial charge >= 0.3 is 0 Å². The van der Waals surface area contributed by atoms with Crippen LogP contribution in [-0.4, -0.2) is 9.55 Å². The maximum Gasteiger partial charge on any atom is 0.109 e. The SMILES string of the molecule is [C-]#[N+]c1cc[c-]c(-c2nccn2-c2c(-c3ccccc3)cc(-c3ccccc3)cc2-c2ccccc2)c1.[Ir]. The van der Waals surface area contributed by atoms with E-state index in [1.54, 1.807) is 12.1 Å². The molecule has 0 N–H and O–H groups in total. The minimum Gasteiger partial charge on any atom is -0.339 e. The number of rotatable bonds is 5. The number of hydrogen-bond acceptors (Lipinski definition) is 1. The van der Waals surface area contributed by atoms with Crippen molar-refractivity contribution < 1.29 is 20.1 Å². The average Bonchev–Trinajstić information content (AvgIpc) is 3.47. The predicted molar refractivity (Wildman–Crippen MR) is 150 cm³/mol. The maximum absolute atomic E-state index is 7.47. The van der Waals surface area contributed by atoms with Gasteiger partial charge in [0.2, 0.25) is 0 Å².